The molecule has 4 N–H and O–H groups in total. The van der Waals surface area contributed by atoms with Crippen LogP contribution < -0.4 is 11.5 Å². The zero-order valence-electron chi connectivity index (χ0n) is 8.93. The first kappa shape index (κ1) is 11.0. The third-order valence-electron chi connectivity index (χ3n) is 2.66. The molecule has 0 bridgehead atoms. The Morgan fingerprint density at radius 3 is 1.50 bits per heavy atom. The third-order valence-corrected chi connectivity index (χ3v) is 3.38. The van der Waals surface area contributed by atoms with E-state index in [2.05, 4.69) is 9.24 Å². The highest BCUT2D eigenvalue weighted by Crippen LogP contribution is 2.36. The van der Waals surface area contributed by atoms with Crippen molar-refractivity contribution >= 4 is 20.6 Å². The van der Waals surface area contributed by atoms with Crippen molar-refractivity contribution in [3.05, 3.63) is 59.7 Å². The number of anilines is 2. The maximum atomic E-state index is 5.95. The van der Waals surface area contributed by atoms with Gasteiger partial charge in [-0.2, -0.15) is 0 Å². The van der Waals surface area contributed by atoms with E-state index in [4.69, 9.17) is 11.5 Å². The highest BCUT2D eigenvalue weighted by Gasteiger charge is 2.12. The lowest BCUT2D eigenvalue weighted by molar-refractivity contribution is 1.17. The first-order chi connectivity index (χ1) is 7.70. The minimum absolute atomic E-state index is 0.141. The van der Waals surface area contributed by atoms with Crippen molar-refractivity contribution in [1.82, 2.24) is 0 Å². The Labute approximate surface area is 97.9 Å². The molecule has 2 nitrogen and oxygen atoms in total. The molecule has 16 heavy (non-hydrogen) atoms. The molecule has 0 radical (unpaired) electrons. The summed E-state index contributed by atoms with van der Waals surface area (Å²) in [5.74, 6) is 0. The van der Waals surface area contributed by atoms with Crippen LogP contribution in [0.5, 0.6) is 0 Å². The van der Waals surface area contributed by atoms with Gasteiger partial charge in [-0.25, -0.2) is 0 Å². The van der Waals surface area contributed by atoms with E-state index >= 15 is 0 Å². The summed E-state index contributed by atoms with van der Waals surface area (Å²) in [4.78, 5) is 0. The third kappa shape index (κ3) is 2.02. The summed E-state index contributed by atoms with van der Waals surface area (Å²) in [5, 5.41) is 0. The standard InChI is InChI=1S/C13H15N2P/c14-11-7-3-1-5-9(11)13(16)10-6-2-4-8-12(10)15/h1-8,13H,14-16H2. The average molecular weight is 230 g/mol. The average Bonchev–Trinajstić information content (AvgIpc) is 2.29. The van der Waals surface area contributed by atoms with Crippen LogP contribution in [0.2, 0.25) is 0 Å². The molecule has 2 rings (SSSR count). The number of para-hydroxylation sites is 2. The number of benzene rings is 2. The van der Waals surface area contributed by atoms with E-state index < -0.39 is 0 Å². The van der Waals surface area contributed by atoms with Gasteiger partial charge in [0.05, 0.1) is 0 Å². The van der Waals surface area contributed by atoms with Crippen LogP contribution in [-0.4, -0.2) is 0 Å². The summed E-state index contributed by atoms with van der Waals surface area (Å²) >= 11 is 0. The van der Waals surface area contributed by atoms with Gasteiger partial charge in [0.2, 0.25) is 0 Å². The Morgan fingerprint density at radius 1 is 0.750 bits per heavy atom. The molecular formula is C13H15N2P. The lowest BCUT2D eigenvalue weighted by Crippen LogP contribution is -2.01. The first-order valence-electron chi connectivity index (χ1n) is 5.14. The molecular weight excluding hydrogens is 215 g/mol. The van der Waals surface area contributed by atoms with Crippen LogP contribution in [0.15, 0.2) is 48.5 Å². The second-order valence-electron chi connectivity index (χ2n) is 3.74. The van der Waals surface area contributed by atoms with E-state index in [1.807, 2.05) is 48.5 Å². The lowest BCUT2D eigenvalue weighted by Gasteiger charge is -2.16. The van der Waals surface area contributed by atoms with Crippen LogP contribution in [0.4, 0.5) is 11.4 Å². The largest absolute Gasteiger partial charge is 0.398 e. The number of hydrogen-bond acceptors (Lipinski definition) is 2. The van der Waals surface area contributed by atoms with E-state index in [-0.39, 0.29) is 5.66 Å². The molecule has 0 fully saturated rings. The van der Waals surface area contributed by atoms with Crippen molar-refractivity contribution in [3.63, 3.8) is 0 Å². The van der Waals surface area contributed by atoms with E-state index in [1.54, 1.807) is 0 Å². The van der Waals surface area contributed by atoms with E-state index in [1.165, 1.54) is 0 Å². The molecule has 0 aliphatic carbocycles. The molecule has 0 heterocycles. The van der Waals surface area contributed by atoms with Crippen LogP contribution in [0.3, 0.4) is 0 Å². The normalized spacial score (nSPS) is 10.6. The van der Waals surface area contributed by atoms with Crippen LogP contribution in [0.25, 0.3) is 0 Å². The van der Waals surface area contributed by atoms with Gasteiger partial charge in [-0.05, 0) is 23.3 Å². The molecule has 0 spiro atoms. The number of rotatable bonds is 2. The maximum absolute atomic E-state index is 5.95. The Morgan fingerprint density at radius 2 is 1.12 bits per heavy atom. The molecule has 2 aromatic rings. The molecule has 0 amide bonds. The van der Waals surface area contributed by atoms with Crippen molar-refractivity contribution < 1.29 is 0 Å². The van der Waals surface area contributed by atoms with Crippen LogP contribution >= 0.6 is 9.24 Å². The van der Waals surface area contributed by atoms with Crippen LogP contribution in [-0.2, 0) is 0 Å². The smallest absolute Gasteiger partial charge is 0.0356 e. The van der Waals surface area contributed by atoms with E-state index in [0.717, 1.165) is 22.5 Å². The maximum Gasteiger partial charge on any atom is 0.0356 e. The van der Waals surface area contributed by atoms with Crippen molar-refractivity contribution in [2.45, 2.75) is 5.66 Å². The van der Waals surface area contributed by atoms with Gasteiger partial charge < -0.3 is 11.5 Å². The van der Waals surface area contributed by atoms with Gasteiger partial charge in [0.1, 0.15) is 0 Å². The van der Waals surface area contributed by atoms with E-state index in [9.17, 15) is 0 Å². The highest BCUT2D eigenvalue weighted by atomic mass is 31.0. The number of hydrogen-bond donors (Lipinski definition) is 2. The van der Waals surface area contributed by atoms with Crippen LogP contribution in [0.1, 0.15) is 16.8 Å². The zero-order chi connectivity index (χ0) is 11.5. The van der Waals surface area contributed by atoms with Gasteiger partial charge in [-0.1, -0.05) is 36.4 Å². The summed E-state index contributed by atoms with van der Waals surface area (Å²) in [5.41, 5.74) is 15.8. The van der Waals surface area contributed by atoms with Gasteiger partial charge in [0, 0.05) is 17.0 Å². The Kier molecular flexibility index (Phi) is 3.12. The Bertz CT molecular complexity index is 451. The second-order valence-corrected chi connectivity index (χ2v) is 4.40. The van der Waals surface area contributed by atoms with Gasteiger partial charge in [-0.15, -0.1) is 9.24 Å². The fourth-order valence-electron chi connectivity index (χ4n) is 1.76. The predicted octanol–water partition coefficient (Wildman–Crippen LogP) is 2.82. The van der Waals surface area contributed by atoms with Crippen LogP contribution in [0, 0.1) is 0 Å². The quantitative estimate of drug-likeness (QED) is 0.615. The summed E-state index contributed by atoms with van der Waals surface area (Å²) in [7, 11) is 2.79. The van der Waals surface area contributed by atoms with Crippen molar-refractivity contribution in [2.75, 3.05) is 11.5 Å². The summed E-state index contributed by atoms with van der Waals surface area (Å²) in [6.45, 7) is 0. The SMILES string of the molecule is Nc1ccccc1C(P)c1ccccc1N. The Balaban J connectivity index is 2.44. The number of nitrogens with two attached hydrogens (primary N) is 2. The topological polar surface area (TPSA) is 52.0 Å². The fourth-order valence-corrected chi connectivity index (χ4v) is 2.36. The second kappa shape index (κ2) is 4.54. The van der Waals surface area contributed by atoms with E-state index in [0.29, 0.717) is 0 Å². The lowest BCUT2D eigenvalue weighted by atomic mass is 10.0. The molecule has 1 unspecified atom stereocenters. The highest BCUT2D eigenvalue weighted by molar-refractivity contribution is 7.17. The molecule has 0 saturated carbocycles. The van der Waals surface area contributed by atoms with Gasteiger partial charge in [0.25, 0.3) is 0 Å². The molecule has 0 aliphatic rings. The van der Waals surface area contributed by atoms with Gasteiger partial charge in [0.15, 0.2) is 0 Å². The molecule has 82 valence electrons. The van der Waals surface area contributed by atoms with Crippen molar-refractivity contribution in [1.29, 1.82) is 0 Å². The summed E-state index contributed by atoms with van der Waals surface area (Å²) in [6, 6.07) is 15.7. The van der Waals surface area contributed by atoms with Crippen molar-refractivity contribution in [2.24, 2.45) is 0 Å². The molecule has 1 atom stereocenters. The molecule has 0 aromatic heterocycles. The monoisotopic (exact) mass is 230 g/mol. The number of nitrogen functional groups attached to an aromatic ring is 2. The molecule has 3 heteroatoms. The minimum Gasteiger partial charge on any atom is -0.398 e. The molecule has 2 aromatic carbocycles. The van der Waals surface area contributed by atoms with Crippen molar-refractivity contribution in [3.8, 4) is 0 Å². The predicted molar refractivity (Wildman–Crippen MR) is 73.3 cm³/mol. The Hall–Kier alpha value is -1.53. The summed E-state index contributed by atoms with van der Waals surface area (Å²) < 4.78 is 0. The minimum atomic E-state index is 0.141. The van der Waals surface area contributed by atoms with Gasteiger partial charge in [-0.3, -0.25) is 0 Å². The molecule has 0 saturated heterocycles. The first-order valence-corrected chi connectivity index (χ1v) is 5.81. The van der Waals surface area contributed by atoms with Gasteiger partial charge >= 0.3 is 0 Å². The molecule has 0 aliphatic heterocycles. The fraction of sp³-hybridized carbons (Fsp3) is 0.0769. The summed E-state index contributed by atoms with van der Waals surface area (Å²) in [6.07, 6.45) is 0. The zero-order valence-corrected chi connectivity index (χ0v) is 10.1.